The molecule has 0 bridgehead atoms. The molecule has 2 unspecified atom stereocenters. The van der Waals surface area contributed by atoms with Gasteiger partial charge < -0.3 is 0 Å². The summed E-state index contributed by atoms with van der Waals surface area (Å²) in [5.41, 5.74) is 0.443. The number of hydrogen-bond donors (Lipinski definition) is 0. The van der Waals surface area contributed by atoms with Gasteiger partial charge in [-0.2, -0.15) is 0 Å². The molecule has 0 N–H and O–H groups in total. The van der Waals surface area contributed by atoms with E-state index in [1.165, 1.54) is 19.3 Å². The van der Waals surface area contributed by atoms with Crippen molar-refractivity contribution in [2.75, 3.05) is 0 Å². The molecule has 0 heteroatoms. The van der Waals surface area contributed by atoms with Crippen LogP contribution in [-0.2, 0) is 0 Å². The predicted molar refractivity (Wildman–Crippen MR) is 71.0 cm³/mol. The van der Waals surface area contributed by atoms with Gasteiger partial charge in [-0.3, -0.25) is 0 Å². The Morgan fingerprint density at radius 3 is 2.20 bits per heavy atom. The van der Waals surface area contributed by atoms with E-state index in [9.17, 15) is 0 Å². The van der Waals surface area contributed by atoms with Gasteiger partial charge in [-0.25, -0.2) is 0 Å². The van der Waals surface area contributed by atoms with Gasteiger partial charge in [-0.05, 0) is 36.5 Å². The normalized spacial score (nSPS) is 16.6. The lowest BCUT2D eigenvalue weighted by Crippen LogP contribution is -2.09. The molecule has 0 aromatic carbocycles. The number of allylic oxidation sites excluding steroid dienone is 3. The van der Waals surface area contributed by atoms with Crippen LogP contribution in [0.1, 0.15) is 53.9 Å². The third-order valence-corrected chi connectivity index (χ3v) is 2.59. The van der Waals surface area contributed by atoms with Crippen LogP contribution in [0.3, 0.4) is 0 Å². The van der Waals surface area contributed by atoms with Crippen molar-refractivity contribution in [3.05, 3.63) is 24.8 Å². The zero-order chi connectivity index (χ0) is 11.9. The fourth-order valence-corrected chi connectivity index (χ4v) is 1.84. The van der Waals surface area contributed by atoms with Gasteiger partial charge in [-0.15, -0.1) is 6.58 Å². The van der Waals surface area contributed by atoms with Crippen LogP contribution in [-0.4, -0.2) is 0 Å². The molecule has 2 atom stereocenters. The van der Waals surface area contributed by atoms with Crippen molar-refractivity contribution in [1.29, 1.82) is 0 Å². The predicted octanol–water partition coefficient (Wildman–Crippen LogP) is 5.22. The average Bonchev–Trinajstić information content (AvgIpc) is 2.09. The third kappa shape index (κ3) is 9.78. The molecule has 0 saturated heterocycles. The van der Waals surface area contributed by atoms with Crippen LogP contribution in [0.25, 0.3) is 0 Å². The second kappa shape index (κ2) is 6.87. The SMILES string of the molecule is C=CC(C)CCC=CC(C)CC(C)(C)C. The van der Waals surface area contributed by atoms with E-state index in [1.54, 1.807) is 0 Å². The first-order valence-corrected chi connectivity index (χ1v) is 6.14. The summed E-state index contributed by atoms with van der Waals surface area (Å²) in [4.78, 5) is 0. The van der Waals surface area contributed by atoms with Crippen LogP contribution in [0.5, 0.6) is 0 Å². The molecule has 0 aromatic heterocycles. The fraction of sp³-hybridized carbons (Fsp3) is 0.733. The van der Waals surface area contributed by atoms with Crippen molar-refractivity contribution in [2.45, 2.75) is 53.9 Å². The molecule has 0 nitrogen and oxygen atoms in total. The van der Waals surface area contributed by atoms with Crippen molar-refractivity contribution < 1.29 is 0 Å². The average molecular weight is 208 g/mol. The highest BCUT2D eigenvalue weighted by atomic mass is 14.2. The summed E-state index contributed by atoms with van der Waals surface area (Å²) in [5.74, 6) is 1.34. The Morgan fingerprint density at radius 2 is 1.73 bits per heavy atom. The maximum Gasteiger partial charge on any atom is -0.0257 e. The lowest BCUT2D eigenvalue weighted by Gasteiger charge is -2.21. The molecule has 0 aromatic rings. The first kappa shape index (κ1) is 14.5. The van der Waals surface area contributed by atoms with E-state index < -0.39 is 0 Å². The van der Waals surface area contributed by atoms with E-state index >= 15 is 0 Å². The van der Waals surface area contributed by atoms with Gasteiger partial charge in [0.05, 0.1) is 0 Å². The minimum atomic E-state index is 0.443. The Labute approximate surface area is 96.5 Å². The molecular weight excluding hydrogens is 180 g/mol. The number of rotatable bonds is 6. The summed E-state index contributed by atoms with van der Waals surface area (Å²) in [6.07, 6.45) is 10.4. The zero-order valence-corrected chi connectivity index (χ0v) is 11.2. The molecule has 0 rings (SSSR count). The molecule has 0 heterocycles. The highest BCUT2D eigenvalue weighted by Crippen LogP contribution is 2.24. The Morgan fingerprint density at radius 1 is 1.13 bits per heavy atom. The summed E-state index contributed by atoms with van der Waals surface area (Å²) in [7, 11) is 0. The topological polar surface area (TPSA) is 0 Å². The van der Waals surface area contributed by atoms with E-state index in [-0.39, 0.29) is 0 Å². The van der Waals surface area contributed by atoms with Gasteiger partial charge in [0.25, 0.3) is 0 Å². The van der Waals surface area contributed by atoms with E-state index in [1.807, 2.05) is 6.08 Å². The second-order valence-electron chi connectivity index (χ2n) is 5.96. The van der Waals surface area contributed by atoms with Crippen LogP contribution < -0.4 is 0 Å². The molecule has 0 aliphatic carbocycles. The maximum atomic E-state index is 3.80. The van der Waals surface area contributed by atoms with Crippen LogP contribution in [0.4, 0.5) is 0 Å². The Hall–Kier alpha value is -0.520. The highest BCUT2D eigenvalue weighted by Gasteiger charge is 2.12. The summed E-state index contributed by atoms with van der Waals surface area (Å²) in [6.45, 7) is 15.2. The van der Waals surface area contributed by atoms with E-state index in [0.29, 0.717) is 17.3 Å². The molecule has 0 aliphatic rings. The molecule has 0 amide bonds. The van der Waals surface area contributed by atoms with Crippen LogP contribution in [0.2, 0.25) is 0 Å². The summed E-state index contributed by atoms with van der Waals surface area (Å²) in [5, 5.41) is 0. The van der Waals surface area contributed by atoms with Gasteiger partial charge >= 0.3 is 0 Å². The Kier molecular flexibility index (Phi) is 6.63. The van der Waals surface area contributed by atoms with Gasteiger partial charge in [0.1, 0.15) is 0 Å². The molecule has 88 valence electrons. The molecule has 0 saturated carbocycles. The highest BCUT2D eigenvalue weighted by molar-refractivity contribution is 4.89. The van der Waals surface area contributed by atoms with Crippen LogP contribution in [0.15, 0.2) is 24.8 Å². The Bertz CT molecular complexity index is 193. The zero-order valence-electron chi connectivity index (χ0n) is 11.2. The molecular formula is C15H28. The van der Waals surface area contributed by atoms with Crippen molar-refractivity contribution in [3.8, 4) is 0 Å². The monoisotopic (exact) mass is 208 g/mol. The van der Waals surface area contributed by atoms with Gasteiger partial charge in [-0.1, -0.05) is 52.8 Å². The molecule has 15 heavy (non-hydrogen) atoms. The lowest BCUT2D eigenvalue weighted by atomic mass is 9.85. The summed E-state index contributed by atoms with van der Waals surface area (Å²) < 4.78 is 0. The van der Waals surface area contributed by atoms with Crippen molar-refractivity contribution in [3.63, 3.8) is 0 Å². The largest absolute Gasteiger partial charge is 0.103 e. The fourth-order valence-electron chi connectivity index (χ4n) is 1.84. The smallest absolute Gasteiger partial charge is 0.0257 e. The minimum Gasteiger partial charge on any atom is -0.103 e. The maximum absolute atomic E-state index is 3.80. The minimum absolute atomic E-state index is 0.443. The van der Waals surface area contributed by atoms with E-state index in [4.69, 9.17) is 0 Å². The van der Waals surface area contributed by atoms with Crippen LogP contribution in [0, 0.1) is 17.3 Å². The van der Waals surface area contributed by atoms with Crippen molar-refractivity contribution >= 4 is 0 Å². The third-order valence-electron chi connectivity index (χ3n) is 2.59. The lowest BCUT2D eigenvalue weighted by molar-refractivity contribution is 0.336. The first-order valence-electron chi connectivity index (χ1n) is 6.14. The van der Waals surface area contributed by atoms with Gasteiger partial charge in [0.2, 0.25) is 0 Å². The first-order chi connectivity index (χ1) is 6.85. The van der Waals surface area contributed by atoms with Crippen molar-refractivity contribution in [1.82, 2.24) is 0 Å². The van der Waals surface area contributed by atoms with E-state index in [0.717, 1.165) is 0 Å². The van der Waals surface area contributed by atoms with Crippen LogP contribution >= 0.6 is 0 Å². The summed E-state index contributed by atoms with van der Waals surface area (Å²) in [6, 6.07) is 0. The second-order valence-corrected chi connectivity index (χ2v) is 5.96. The molecule has 0 radical (unpaired) electrons. The standard InChI is InChI=1S/C15H28/c1-7-13(2)10-8-9-11-14(3)12-15(4,5)6/h7,9,11,13-14H,1,8,10,12H2,2-6H3. The molecule has 0 fully saturated rings. The van der Waals surface area contributed by atoms with Gasteiger partial charge in [0, 0.05) is 0 Å². The van der Waals surface area contributed by atoms with E-state index in [2.05, 4.69) is 53.3 Å². The van der Waals surface area contributed by atoms with Crippen molar-refractivity contribution in [2.24, 2.45) is 17.3 Å². The summed E-state index contributed by atoms with van der Waals surface area (Å²) >= 11 is 0. The Balaban J connectivity index is 3.72. The number of hydrogen-bond acceptors (Lipinski definition) is 0. The molecule has 0 aliphatic heterocycles. The molecule has 0 spiro atoms. The van der Waals surface area contributed by atoms with Gasteiger partial charge in [0.15, 0.2) is 0 Å². The quantitative estimate of drug-likeness (QED) is 0.525.